The summed E-state index contributed by atoms with van der Waals surface area (Å²) in [5.41, 5.74) is 1.49. The molecule has 2 aromatic carbocycles. The molecule has 0 saturated heterocycles. The number of carbonyl (C=O) groups excluding carboxylic acids is 2. The van der Waals surface area contributed by atoms with E-state index in [9.17, 15) is 22.8 Å². The van der Waals surface area contributed by atoms with Crippen LogP contribution in [-0.2, 0) is 31.8 Å². The zero-order chi connectivity index (χ0) is 29.1. The number of allylic oxidation sites excluding steroid dienone is 1. The maximum absolute atomic E-state index is 13.6. The van der Waals surface area contributed by atoms with Gasteiger partial charge in [0, 0.05) is 18.2 Å². The molecule has 0 fully saturated rings. The van der Waals surface area contributed by atoms with Gasteiger partial charge in [0.1, 0.15) is 5.92 Å². The molecule has 40 heavy (non-hydrogen) atoms. The number of ether oxygens (including phenoxy) is 2. The quantitative estimate of drug-likeness (QED) is 0.221. The molecule has 1 aliphatic rings. The standard InChI is InChI=1S/C31H37F3N2O4/c1-4-39-29(37)26-21(3)36-25(17-10-7-11-18-35-20-22-13-8-6-9-14-22)28(30(38)40-5-2)27(26)23-15-12-16-24(19-23)31(32,33)34/h6,8-9,12-16,19,26-27,35H,4-5,7,10-11,17-18,20H2,1-3H3. The van der Waals surface area contributed by atoms with Crippen molar-refractivity contribution in [2.45, 2.75) is 65.1 Å². The van der Waals surface area contributed by atoms with Crippen LogP contribution >= 0.6 is 0 Å². The number of hydrogen-bond acceptors (Lipinski definition) is 6. The van der Waals surface area contributed by atoms with Gasteiger partial charge in [-0.1, -0.05) is 55.0 Å². The fourth-order valence-electron chi connectivity index (χ4n) is 4.93. The summed E-state index contributed by atoms with van der Waals surface area (Å²) in [6.07, 6.45) is -1.69. The number of esters is 2. The van der Waals surface area contributed by atoms with Gasteiger partial charge in [-0.25, -0.2) is 4.79 Å². The average molecular weight is 559 g/mol. The van der Waals surface area contributed by atoms with E-state index in [1.165, 1.54) is 17.7 Å². The van der Waals surface area contributed by atoms with Gasteiger partial charge >= 0.3 is 18.1 Å². The number of carbonyl (C=O) groups is 2. The molecule has 3 rings (SSSR count). The summed E-state index contributed by atoms with van der Waals surface area (Å²) >= 11 is 0. The van der Waals surface area contributed by atoms with Crippen LogP contribution in [0.3, 0.4) is 0 Å². The van der Waals surface area contributed by atoms with Crippen molar-refractivity contribution in [3.05, 3.63) is 82.6 Å². The number of hydrogen-bond donors (Lipinski definition) is 1. The number of aliphatic imine (C=N–C) groups is 1. The number of unbranched alkanes of at least 4 members (excludes halogenated alkanes) is 2. The Morgan fingerprint density at radius 3 is 2.35 bits per heavy atom. The summed E-state index contributed by atoms with van der Waals surface area (Å²) in [4.78, 5) is 31.0. The Morgan fingerprint density at radius 2 is 1.68 bits per heavy atom. The predicted molar refractivity (Wildman–Crippen MR) is 148 cm³/mol. The van der Waals surface area contributed by atoms with Crippen LogP contribution in [0.25, 0.3) is 0 Å². The Bertz CT molecular complexity index is 1210. The number of nitrogens with one attached hydrogen (secondary N) is 1. The van der Waals surface area contributed by atoms with Gasteiger partial charge in [0.05, 0.1) is 30.0 Å². The Labute approximate surface area is 233 Å². The lowest BCUT2D eigenvalue weighted by atomic mass is 9.74. The summed E-state index contributed by atoms with van der Waals surface area (Å²) in [5.74, 6) is -3.39. The van der Waals surface area contributed by atoms with Crippen molar-refractivity contribution >= 4 is 17.7 Å². The van der Waals surface area contributed by atoms with Gasteiger partial charge in [-0.05, 0) is 63.8 Å². The van der Waals surface area contributed by atoms with E-state index in [4.69, 9.17) is 9.47 Å². The molecule has 0 aromatic heterocycles. The average Bonchev–Trinajstić information content (AvgIpc) is 2.92. The van der Waals surface area contributed by atoms with Crippen molar-refractivity contribution in [1.82, 2.24) is 5.32 Å². The molecule has 0 bridgehead atoms. The van der Waals surface area contributed by atoms with E-state index in [0.717, 1.165) is 38.1 Å². The second kappa shape index (κ2) is 14.8. The highest BCUT2D eigenvalue weighted by Gasteiger charge is 2.43. The van der Waals surface area contributed by atoms with Gasteiger partial charge in [0.15, 0.2) is 0 Å². The molecule has 0 aliphatic carbocycles. The van der Waals surface area contributed by atoms with Crippen LogP contribution in [0, 0.1) is 5.92 Å². The molecular formula is C31H37F3N2O4. The molecule has 0 saturated carbocycles. The zero-order valence-corrected chi connectivity index (χ0v) is 23.2. The first-order valence-corrected chi connectivity index (χ1v) is 13.7. The maximum atomic E-state index is 13.6. The third-order valence-electron chi connectivity index (χ3n) is 6.76. The van der Waals surface area contributed by atoms with Crippen LogP contribution in [-0.4, -0.2) is 37.4 Å². The highest BCUT2D eigenvalue weighted by Crippen LogP contribution is 2.43. The van der Waals surface area contributed by atoms with Crippen molar-refractivity contribution < 1.29 is 32.2 Å². The minimum atomic E-state index is -4.58. The lowest BCUT2D eigenvalue weighted by Gasteiger charge is -2.32. The normalized spacial score (nSPS) is 17.4. The number of nitrogens with zero attached hydrogens (tertiary/aromatic N) is 1. The van der Waals surface area contributed by atoms with Crippen LogP contribution in [0.1, 0.15) is 69.1 Å². The Kier molecular flexibility index (Phi) is 11.5. The largest absolute Gasteiger partial charge is 0.465 e. The second-order valence-electron chi connectivity index (χ2n) is 9.64. The van der Waals surface area contributed by atoms with E-state index >= 15 is 0 Å². The molecule has 0 radical (unpaired) electrons. The van der Waals surface area contributed by atoms with Crippen LogP contribution in [0.2, 0.25) is 0 Å². The highest BCUT2D eigenvalue weighted by molar-refractivity contribution is 6.07. The second-order valence-corrected chi connectivity index (χ2v) is 9.64. The minimum absolute atomic E-state index is 0.0742. The lowest BCUT2D eigenvalue weighted by molar-refractivity contribution is -0.146. The first-order valence-electron chi connectivity index (χ1n) is 13.7. The van der Waals surface area contributed by atoms with E-state index in [1.807, 2.05) is 18.2 Å². The van der Waals surface area contributed by atoms with E-state index in [2.05, 4.69) is 22.4 Å². The summed E-state index contributed by atoms with van der Waals surface area (Å²) in [6, 6.07) is 14.8. The monoisotopic (exact) mass is 558 g/mol. The summed E-state index contributed by atoms with van der Waals surface area (Å²) in [5, 5.41) is 3.41. The number of rotatable bonds is 13. The fraction of sp³-hybridized carbons (Fsp3) is 0.452. The molecule has 216 valence electrons. The van der Waals surface area contributed by atoms with E-state index in [0.29, 0.717) is 24.3 Å². The van der Waals surface area contributed by atoms with Crippen molar-refractivity contribution in [3.8, 4) is 0 Å². The lowest BCUT2D eigenvalue weighted by Crippen LogP contribution is -2.37. The molecule has 9 heteroatoms. The highest BCUT2D eigenvalue weighted by atomic mass is 19.4. The van der Waals surface area contributed by atoms with Gasteiger partial charge in [-0.3, -0.25) is 9.79 Å². The number of alkyl halides is 3. The summed E-state index contributed by atoms with van der Waals surface area (Å²) in [7, 11) is 0. The number of benzene rings is 2. The van der Waals surface area contributed by atoms with Crippen LogP contribution in [0.15, 0.2) is 70.9 Å². The van der Waals surface area contributed by atoms with Crippen molar-refractivity contribution in [2.24, 2.45) is 10.9 Å². The Balaban J connectivity index is 1.86. The van der Waals surface area contributed by atoms with Crippen LogP contribution in [0.4, 0.5) is 13.2 Å². The first kappa shape index (κ1) is 31.1. The van der Waals surface area contributed by atoms with Gasteiger partial charge in [0.25, 0.3) is 0 Å². The SMILES string of the molecule is CCOC(=O)C1=C(CCCCCNCc2ccccc2)N=C(C)C(C(=O)OCC)C1c1cccc(C(F)(F)F)c1. The third kappa shape index (κ3) is 8.27. The van der Waals surface area contributed by atoms with E-state index in [1.54, 1.807) is 20.8 Å². The van der Waals surface area contributed by atoms with E-state index in [-0.39, 0.29) is 24.4 Å². The van der Waals surface area contributed by atoms with Crippen LogP contribution in [0.5, 0.6) is 0 Å². The topological polar surface area (TPSA) is 77.0 Å². The summed E-state index contributed by atoms with van der Waals surface area (Å²) in [6.45, 7) is 6.70. The van der Waals surface area contributed by atoms with Crippen molar-refractivity contribution in [1.29, 1.82) is 0 Å². The minimum Gasteiger partial charge on any atom is -0.465 e. The molecule has 0 spiro atoms. The Hall–Kier alpha value is -3.46. The molecule has 6 nitrogen and oxygen atoms in total. The van der Waals surface area contributed by atoms with Gasteiger partial charge < -0.3 is 14.8 Å². The fourth-order valence-corrected chi connectivity index (χ4v) is 4.93. The molecule has 1 heterocycles. The maximum Gasteiger partial charge on any atom is 0.416 e. The van der Waals surface area contributed by atoms with Crippen molar-refractivity contribution in [2.75, 3.05) is 19.8 Å². The first-order chi connectivity index (χ1) is 19.2. The predicted octanol–water partition coefficient (Wildman–Crippen LogP) is 6.61. The molecule has 2 aromatic rings. The van der Waals surface area contributed by atoms with Gasteiger partial charge in [-0.2, -0.15) is 13.2 Å². The van der Waals surface area contributed by atoms with Crippen molar-refractivity contribution in [3.63, 3.8) is 0 Å². The molecule has 2 unspecified atom stereocenters. The molecular weight excluding hydrogens is 521 g/mol. The summed E-state index contributed by atoms with van der Waals surface area (Å²) < 4.78 is 51.4. The zero-order valence-electron chi connectivity index (χ0n) is 23.2. The molecule has 1 N–H and O–H groups in total. The molecule has 1 aliphatic heterocycles. The molecule has 2 atom stereocenters. The van der Waals surface area contributed by atoms with Crippen LogP contribution < -0.4 is 5.32 Å². The van der Waals surface area contributed by atoms with Gasteiger partial charge in [0.2, 0.25) is 0 Å². The smallest absolute Gasteiger partial charge is 0.416 e. The third-order valence-corrected chi connectivity index (χ3v) is 6.76. The Morgan fingerprint density at radius 1 is 0.950 bits per heavy atom. The van der Waals surface area contributed by atoms with Gasteiger partial charge in [-0.15, -0.1) is 0 Å². The number of halogens is 3. The molecule has 0 amide bonds. The van der Waals surface area contributed by atoms with E-state index < -0.39 is 35.5 Å².